The molecule has 1 amide bonds. The average Bonchev–Trinajstić information content (AvgIpc) is 2.85. The largest absolute Gasteiger partial charge is 0.497 e. The number of ether oxygens (including phenoxy) is 2. The van der Waals surface area contributed by atoms with E-state index in [1.54, 1.807) is 31.4 Å². The van der Waals surface area contributed by atoms with Gasteiger partial charge in [0.25, 0.3) is 5.91 Å². The lowest BCUT2D eigenvalue weighted by Crippen LogP contribution is -2.30. The number of hydrogen-bond donors (Lipinski definition) is 2. The van der Waals surface area contributed by atoms with E-state index < -0.39 is 5.91 Å². The van der Waals surface area contributed by atoms with E-state index in [9.17, 15) is 4.79 Å². The van der Waals surface area contributed by atoms with Crippen LogP contribution in [0.5, 0.6) is 11.5 Å². The zero-order valence-corrected chi connectivity index (χ0v) is 11.4. The van der Waals surface area contributed by atoms with Crippen LogP contribution in [0.4, 0.5) is 0 Å². The highest BCUT2D eigenvalue weighted by Crippen LogP contribution is 2.19. The second-order valence-corrected chi connectivity index (χ2v) is 4.20. The van der Waals surface area contributed by atoms with Crippen LogP contribution in [0.2, 0.25) is 5.02 Å². The second-order valence-electron chi connectivity index (χ2n) is 3.79. The van der Waals surface area contributed by atoms with E-state index in [0.717, 1.165) is 0 Å². The van der Waals surface area contributed by atoms with Gasteiger partial charge in [-0.1, -0.05) is 17.7 Å². The molecule has 106 valence electrons. The van der Waals surface area contributed by atoms with Gasteiger partial charge in [-0.3, -0.25) is 10.2 Å². The van der Waals surface area contributed by atoms with Crippen LogP contribution in [0.15, 0.2) is 30.5 Å². The molecule has 0 aliphatic carbocycles. The fourth-order valence-electron chi connectivity index (χ4n) is 1.52. The average molecular weight is 297 g/mol. The van der Waals surface area contributed by atoms with E-state index in [-0.39, 0.29) is 17.4 Å². The molecule has 0 bridgehead atoms. The Morgan fingerprint density at radius 3 is 2.95 bits per heavy atom. The molecule has 8 heteroatoms. The van der Waals surface area contributed by atoms with Crippen LogP contribution in [0.3, 0.4) is 0 Å². The standard InChI is InChI=1S/C12H13ClN4O3/c1-19-8-3-2-4-9(5-8)20-7-17-6-10(13)11(16-17)12(18)15-14/h2-6H,7,14H2,1H3,(H,15,18). The van der Waals surface area contributed by atoms with Crippen molar-refractivity contribution in [3.63, 3.8) is 0 Å². The van der Waals surface area contributed by atoms with E-state index in [2.05, 4.69) is 5.10 Å². The fraction of sp³-hybridized carbons (Fsp3) is 0.167. The van der Waals surface area contributed by atoms with Crippen molar-refractivity contribution in [2.45, 2.75) is 6.73 Å². The first-order valence-corrected chi connectivity index (χ1v) is 6.02. The summed E-state index contributed by atoms with van der Waals surface area (Å²) in [5, 5.41) is 4.17. The lowest BCUT2D eigenvalue weighted by Gasteiger charge is -2.07. The Bertz CT molecular complexity index is 614. The number of methoxy groups -OCH3 is 1. The Labute approximate surface area is 120 Å². The van der Waals surface area contributed by atoms with Crippen molar-refractivity contribution in [1.29, 1.82) is 0 Å². The van der Waals surface area contributed by atoms with Gasteiger partial charge in [-0.25, -0.2) is 10.5 Å². The Balaban J connectivity index is 2.05. The molecule has 0 unspecified atom stereocenters. The van der Waals surface area contributed by atoms with Crippen LogP contribution in [0.25, 0.3) is 0 Å². The summed E-state index contributed by atoms with van der Waals surface area (Å²) in [6, 6.07) is 7.12. The molecule has 7 nitrogen and oxygen atoms in total. The first-order valence-electron chi connectivity index (χ1n) is 5.65. The van der Waals surface area contributed by atoms with Gasteiger partial charge in [0.1, 0.15) is 11.5 Å². The Morgan fingerprint density at radius 1 is 1.50 bits per heavy atom. The minimum Gasteiger partial charge on any atom is -0.497 e. The van der Waals surface area contributed by atoms with Gasteiger partial charge in [-0.05, 0) is 12.1 Å². The SMILES string of the molecule is COc1cccc(OCn2cc(Cl)c(C(=O)NN)n2)c1. The number of carbonyl (C=O) groups is 1. The minimum absolute atomic E-state index is 0.0448. The molecule has 20 heavy (non-hydrogen) atoms. The van der Waals surface area contributed by atoms with E-state index >= 15 is 0 Å². The van der Waals surface area contributed by atoms with Crippen LogP contribution in [0, 0.1) is 0 Å². The number of nitrogens with one attached hydrogen (secondary N) is 1. The summed E-state index contributed by atoms with van der Waals surface area (Å²) in [5.41, 5.74) is 2.01. The summed E-state index contributed by atoms with van der Waals surface area (Å²) in [5.74, 6) is 5.76. The van der Waals surface area contributed by atoms with Crippen molar-refractivity contribution in [3.8, 4) is 11.5 Å². The molecule has 0 radical (unpaired) electrons. The van der Waals surface area contributed by atoms with Crippen LogP contribution in [0.1, 0.15) is 10.5 Å². The summed E-state index contributed by atoms with van der Waals surface area (Å²) in [6.07, 6.45) is 1.48. The van der Waals surface area contributed by atoms with Gasteiger partial charge < -0.3 is 9.47 Å². The summed E-state index contributed by atoms with van der Waals surface area (Å²) >= 11 is 5.87. The lowest BCUT2D eigenvalue weighted by molar-refractivity contribution is 0.0946. The Hall–Kier alpha value is -2.25. The summed E-state index contributed by atoms with van der Waals surface area (Å²) in [4.78, 5) is 11.4. The molecule has 0 saturated heterocycles. The zero-order chi connectivity index (χ0) is 14.5. The van der Waals surface area contributed by atoms with Gasteiger partial charge in [0.15, 0.2) is 12.4 Å². The van der Waals surface area contributed by atoms with E-state index in [1.807, 2.05) is 5.43 Å². The van der Waals surface area contributed by atoms with Crippen LogP contribution in [-0.4, -0.2) is 22.8 Å². The molecule has 0 spiro atoms. The van der Waals surface area contributed by atoms with Gasteiger partial charge in [0.05, 0.1) is 12.1 Å². The number of hydrazine groups is 1. The van der Waals surface area contributed by atoms with Gasteiger partial charge in [-0.15, -0.1) is 0 Å². The lowest BCUT2D eigenvalue weighted by atomic mass is 10.3. The number of aromatic nitrogens is 2. The van der Waals surface area contributed by atoms with Gasteiger partial charge >= 0.3 is 0 Å². The monoisotopic (exact) mass is 296 g/mol. The number of nitrogens with two attached hydrogens (primary N) is 1. The van der Waals surface area contributed by atoms with Crippen molar-refractivity contribution in [2.75, 3.05) is 7.11 Å². The van der Waals surface area contributed by atoms with E-state index in [4.69, 9.17) is 26.9 Å². The zero-order valence-electron chi connectivity index (χ0n) is 10.7. The Morgan fingerprint density at radius 2 is 2.25 bits per heavy atom. The third-order valence-electron chi connectivity index (χ3n) is 2.47. The highest BCUT2D eigenvalue weighted by atomic mass is 35.5. The van der Waals surface area contributed by atoms with Gasteiger partial charge in [0, 0.05) is 12.3 Å². The maximum Gasteiger partial charge on any atom is 0.287 e. The van der Waals surface area contributed by atoms with Crippen LogP contribution >= 0.6 is 11.6 Å². The van der Waals surface area contributed by atoms with Crippen molar-refractivity contribution in [1.82, 2.24) is 15.2 Å². The molecule has 1 aromatic carbocycles. The molecule has 2 aromatic rings. The molecule has 0 atom stereocenters. The highest BCUT2D eigenvalue weighted by molar-refractivity contribution is 6.33. The number of nitrogen functional groups attached to an aromatic ring is 1. The Kier molecular flexibility index (Phi) is 4.44. The second kappa shape index (κ2) is 6.27. The molecule has 0 aliphatic rings. The van der Waals surface area contributed by atoms with Crippen molar-refractivity contribution in [3.05, 3.63) is 41.2 Å². The quantitative estimate of drug-likeness (QED) is 0.491. The smallest absolute Gasteiger partial charge is 0.287 e. The van der Waals surface area contributed by atoms with E-state index in [1.165, 1.54) is 10.9 Å². The molecule has 0 fully saturated rings. The van der Waals surface area contributed by atoms with Crippen LogP contribution < -0.4 is 20.7 Å². The first kappa shape index (κ1) is 14.2. The molecule has 0 aliphatic heterocycles. The topological polar surface area (TPSA) is 91.4 Å². The van der Waals surface area contributed by atoms with Gasteiger partial charge in [-0.2, -0.15) is 5.10 Å². The number of rotatable bonds is 5. The number of amides is 1. The summed E-state index contributed by atoms with van der Waals surface area (Å²) in [7, 11) is 1.57. The maximum absolute atomic E-state index is 11.4. The summed E-state index contributed by atoms with van der Waals surface area (Å²) < 4.78 is 12.0. The molecular weight excluding hydrogens is 284 g/mol. The van der Waals surface area contributed by atoms with Gasteiger partial charge in [0.2, 0.25) is 0 Å². The number of carbonyl (C=O) groups excluding carboxylic acids is 1. The van der Waals surface area contributed by atoms with Crippen molar-refractivity contribution in [2.24, 2.45) is 5.84 Å². The van der Waals surface area contributed by atoms with Crippen molar-refractivity contribution < 1.29 is 14.3 Å². The first-order chi connectivity index (χ1) is 9.63. The molecule has 1 aromatic heterocycles. The molecule has 3 N–H and O–H groups in total. The third-order valence-corrected chi connectivity index (χ3v) is 2.74. The number of benzene rings is 1. The highest BCUT2D eigenvalue weighted by Gasteiger charge is 2.14. The van der Waals surface area contributed by atoms with Crippen molar-refractivity contribution >= 4 is 17.5 Å². The maximum atomic E-state index is 11.4. The predicted molar refractivity (Wildman–Crippen MR) is 72.5 cm³/mol. The van der Waals surface area contributed by atoms with E-state index in [0.29, 0.717) is 11.5 Å². The molecule has 0 saturated carbocycles. The minimum atomic E-state index is -0.560. The summed E-state index contributed by atoms with van der Waals surface area (Å²) in [6.45, 7) is 0.102. The van der Waals surface area contributed by atoms with Crippen LogP contribution in [-0.2, 0) is 6.73 Å². The number of halogens is 1. The molecule has 1 heterocycles. The predicted octanol–water partition coefficient (Wildman–Crippen LogP) is 1.19. The third kappa shape index (κ3) is 3.19. The number of nitrogens with zero attached hydrogens (tertiary/aromatic N) is 2. The normalized spacial score (nSPS) is 10.2. The number of hydrogen-bond acceptors (Lipinski definition) is 5. The molecular formula is C12H13ClN4O3. The fourth-order valence-corrected chi connectivity index (χ4v) is 1.75. The molecule has 2 rings (SSSR count).